The molecule has 0 heterocycles. The Morgan fingerprint density at radius 1 is 1.53 bits per heavy atom. The van der Waals surface area contributed by atoms with E-state index in [9.17, 15) is 4.79 Å². The predicted molar refractivity (Wildman–Crippen MR) is 82.0 cm³/mol. The summed E-state index contributed by atoms with van der Waals surface area (Å²) in [6.45, 7) is 2.87. The minimum Gasteiger partial charge on any atom is -0.330 e. The molecule has 4 heteroatoms. The molecule has 3 nitrogen and oxygen atoms in total. The van der Waals surface area contributed by atoms with Crippen LogP contribution < -0.4 is 5.73 Å². The van der Waals surface area contributed by atoms with E-state index < -0.39 is 0 Å². The first-order valence-electron chi connectivity index (χ1n) is 7.55. The van der Waals surface area contributed by atoms with E-state index in [0.717, 1.165) is 19.3 Å². The highest BCUT2D eigenvalue weighted by molar-refractivity contribution is 8.00. The maximum Gasteiger partial charge on any atom is 0.236 e. The van der Waals surface area contributed by atoms with Gasteiger partial charge in [0.05, 0.1) is 5.75 Å². The normalized spacial score (nSPS) is 20.8. The molecule has 2 N–H and O–H groups in total. The summed E-state index contributed by atoms with van der Waals surface area (Å²) in [4.78, 5) is 14.6. The molecule has 0 aromatic rings. The van der Waals surface area contributed by atoms with Crippen molar-refractivity contribution in [2.24, 2.45) is 5.73 Å². The molecule has 2 aliphatic carbocycles. The quantitative estimate of drug-likeness (QED) is 0.781. The van der Waals surface area contributed by atoms with E-state index >= 15 is 0 Å². The molecule has 0 radical (unpaired) electrons. The molecular formula is C15H26N2OS. The van der Waals surface area contributed by atoms with Gasteiger partial charge in [-0.15, -0.1) is 11.8 Å². The predicted octanol–water partition coefficient (Wildman–Crippen LogP) is 2.91. The summed E-state index contributed by atoms with van der Waals surface area (Å²) < 4.78 is 0. The minimum absolute atomic E-state index is 0.310. The van der Waals surface area contributed by atoms with Gasteiger partial charge in [-0.2, -0.15) is 0 Å². The zero-order chi connectivity index (χ0) is 13.7. The minimum atomic E-state index is 0.310. The lowest BCUT2D eigenvalue weighted by Crippen LogP contribution is -2.34. The largest absolute Gasteiger partial charge is 0.330 e. The van der Waals surface area contributed by atoms with Gasteiger partial charge in [0.25, 0.3) is 0 Å². The van der Waals surface area contributed by atoms with E-state index in [4.69, 9.17) is 5.73 Å². The van der Waals surface area contributed by atoms with E-state index in [2.05, 4.69) is 17.9 Å². The smallest absolute Gasteiger partial charge is 0.236 e. The Morgan fingerprint density at radius 3 is 2.89 bits per heavy atom. The highest BCUT2D eigenvalue weighted by Gasteiger charge is 2.34. The molecule has 0 aromatic heterocycles. The summed E-state index contributed by atoms with van der Waals surface area (Å²) in [5.74, 6) is 0.916. The summed E-state index contributed by atoms with van der Waals surface area (Å²) in [6.07, 6.45) is 10.4. The summed E-state index contributed by atoms with van der Waals surface area (Å²) in [7, 11) is 0. The van der Waals surface area contributed by atoms with Crippen LogP contribution in [0.15, 0.2) is 11.8 Å². The first-order valence-corrected chi connectivity index (χ1v) is 8.60. The topological polar surface area (TPSA) is 46.3 Å². The monoisotopic (exact) mass is 282 g/mol. The number of rotatable bonds is 7. The van der Waals surface area contributed by atoms with Crippen LogP contribution in [-0.2, 0) is 4.79 Å². The second-order valence-electron chi connectivity index (χ2n) is 5.64. The van der Waals surface area contributed by atoms with Crippen molar-refractivity contribution in [3.05, 3.63) is 11.8 Å². The van der Waals surface area contributed by atoms with Crippen molar-refractivity contribution in [2.45, 2.75) is 63.2 Å². The molecule has 19 heavy (non-hydrogen) atoms. The van der Waals surface area contributed by atoms with E-state index in [1.807, 2.05) is 0 Å². The molecule has 1 unspecified atom stereocenters. The summed E-state index contributed by atoms with van der Waals surface area (Å²) in [6, 6.07) is 0.502. The Balaban J connectivity index is 1.88. The van der Waals surface area contributed by atoms with Gasteiger partial charge in [0, 0.05) is 17.0 Å². The number of nitrogens with zero attached hydrogens (tertiary/aromatic N) is 1. The average molecular weight is 282 g/mol. The van der Waals surface area contributed by atoms with Crippen LogP contribution in [0, 0.1) is 0 Å². The van der Waals surface area contributed by atoms with Crippen molar-refractivity contribution in [1.29, 1.82) is 0 Å². The van der Waals surface area contributed by atoms with Crippen LogP contribution in [0.1, 0.15) is 51.9 Å². The van der Waals surface area contributed by atoms with Crippen molar-refractivity contribution in [2.75, 3.05) is 12.3 Å². The van der Waals surface area contributed by atoms with Gasteiger partial charge in [-0.05, 0) is 51.5 Å². The van der Waals surface area contributed by atoms with Crippen LogP contribution in [0.5, 0.6) is 0 Å². The molecule has 1 saturated carbocycles. The average Bonchev–Trinajstić information content (AvgIpc) is 3.23. The lowest BCUT2D eigenvalue weighted by molar-refractivity contribution is -0.127. The van der Waals surface area contributed by atoms with Crippen molar-refractivity contribution < 1.29 is 4.79 Å². The van der Waals surface area contributed by atoms with Crippen LogP contribution in [0.3, 0.4) is 0 Å². The zero-order valence-electron chi connectivity index (χ0n) is 11.9. The molecule has 2 rings (SSSR count). The second kappa shape index (κ2) is 7.34. The lowest BCUT2D eigenvalue weighted by Gasteiger charge is -2.28. The highest BCUT2D eigenvalue weighted by Crippen LogP contribution is 2.34. The Hall–Kier alpha value is -0.480. The second-order valence-corrected chi connectivity index (χ2v) is 7.06. The van der Waals surface area contributed by atoms with Gasteiger partial charge in [-0.25, -0.2) is 0 Å². The Morgan fingerprint density at radius 2 is 2.32 bits per heavy atom. The van der Waals surface area contributed by atoms with Gasteiger partial charge >= 0.3 is 0 Å². The number of hydrogen-bond donors (Lipinski definition) is 1. The first kappa shape index (κ1) is 14.9. The van der Waals surface area contributed by atoms with Crippen LogP contribution in [0.2, 0.25) is 0 Å². The molecule has 0 aliphatic heterocycles. The first-order chi connectivity index (χ1) is 9.22. The molecule has 0 aromatic carbocycles. The van der Waals surface area contributed by atoms with Gasteiger partial charge in [0.2, 0.25) is 5.91 Å². The molecule has 1 atom stereocenters. The van der Waals surface area contributed by atoms with Gasteiger partial charge in [0.1, 0.15) is 0 Å². The molecule has 0 spiro atoms. The molecule has 1 fully saturated rings. The van der Waals surface area contributed by atoms with E-state index in [-0.39, 0.29) is 0 Å². The van der Waals surface area contributed by atoms with Crippen molar-refractivity contribution >= 4 is 17.7 Å². The number of carbonyl (C=O) groups excluding carboxylic acids is 1. The molecule has 2 aliphatic rings. The molecule has 0 saturated heterocycles. The van der Waals surface area contributed by atoms with E-state index in [1.165, 1.54) is 31.4 Å². The molecule has 108 valence electrons. The molecule has 0 bridgehead atoms. The maximum atomic E-state index is 12.5. The molecular weight excluding hydrogens is 256 g/mol. The third-order valence-electron chi connectivity index (χ3n) is 3.82. The zero-order valence-corrected chi connectivity index (χ0v) is 12.8. The van der Waals surface area contributed by atoms with Crippen molar-refractivity contribution in [3.63, 3.8) is 0 Å². The Bertz CT molecular complexity index is 339. The van der Waals surface area contributed by atoms with Crippen LogP contribution in [-0.4, -0.2) is 34.4 Å². The number of allylic oxidation sites excluding steroid dienone is 2. The van der Waals surface area contributed by atoms with Gasteiger partial charge in [-0.1, -0.05) is 13.0 Å². The third-order valence-corrected chi connectivity index (χ3v) is 5.04. The van der Waals surface area contributed by atoms with Crippen LogP contribution in [0.4, 0.5) is 0 Å². The Kier molecular flexibility index (Phi) is 5.76. The van der Waals surface area contributed by atoms with E-state index in [0.29, 0.717) is 29.5 Å². The molecule has 1 amide bonds. The maximum absolute atomic E-state index is 12.5. The van der Waals surface area contributed by atoms with Crippen molar-refractivity contribution in [1.82, 2.24) is 4.90 Å². The number of thioether (sulfide) groups is 1. The lowest BCUT2D eigenvalue weighted by atomic mass is 10.0. The third kappa shape index (κ3) is 4.53. The fourth-order valence-electron chi connectivity index (χ4n) is 2.57. The van der Waals surface area contributed by atoms with E-state index in [1.54, 1.807) is 11.8 Å². The fourth-order valence-corrected chi connectivity index (χ4v) is 3.44. The Labute approximate surface area is 121 Å². The summed E-state index contributed by atoms with van der Waals surface area (Å²) in [5, 5.41) is 0.482. The van der Waals surface area contributed by atoms with Gasteiger partial charge in [-0.3, -0.25) is 4.79 Å². The number of nitrogens with two attached hydrogens (primary N) is 1. The SMILES string of the molecule is CC(CCN)SCC(=O)N(C1=CCCCC1)C1CC1. The number of amides is 1. The number of carbonyl (C=O) groups is 1. The highest BCUT2D eigenvalue weighted by atomic mass is 32.2. The van der Waals surface area contributed by atoms with Crippen LogP contribution >= 0.6 is 11.8 Å². The standard InChI is InChI=1S/C15H26N2OS/c1-12(9-10-16)19-11-15(18)17(14-7-8-14)13-5-3-2-4-6-13/h5,12,14H,2-4,6-11,16H2,1H3. The van der Waals surface area contributed by atoms with Gasteiger partial charge < -0.3 is 10.6 Å². The summed E-state index contributed by atoms with van der Waals surface area (Å²) >= 11 is 1.75. The van der Waals surface area contributed by atoms with Gasteiger partial charge in [0.15, 0.2) is 0 Å². The van der Waals surface area contributed by atoms with Crippen molar-refractivity contribution in [3.8, 4) is 0 Å². The van der Waals surface area contributed by atoms with Crippen LogP contribution in [0.25, 0.3) is 0 Å². The summed E-state index contributed by atoms with van der Waals surface area (Å²) in [5.41, 5.74) is 6.85. The number of hydrogen-bond acceptors (Lipinski definition) is 3. The fraction of sp³-hybridized carbons (Fsp3) is 0.800.